The summed E-state index contributed by atoms with van der Waals surface area (Å²) in [5, 5.41) is 7.34. The number of hydrogen-bond donors (Lipinski definition) is 0. The first-order chi connectivity index (χ1) is 7.54. The fourth-order valence-corrected chi connectivity index (χ4v) is 2.45. The third-order valence-corrected chi connectivity index (χ3v) is 3.58. The van der Waals surface area contributed by atoms with E-state index >= 15 is 0 Å². The second kappa shape index (κ2) is 4.31. The van der Waals surface area contributed by atoms with Crippen LogP contribution in [0.4, 0.5) is 0 Å². The topological polar surface area (TPSA) is 74.1 Å². The molecule has 1 aromatic heterocycles. The Morgan fingerprint density at radius 1 is 1.50 bits per heavy atom. The lowest BCUT2D eigenvalue weighted by Crippen LogP contribution is -2.12. The molecule has 0 unspecified atom stereocenters. The van der Waals surface area contributed by atoms with Crippen LogP contribution in [0.5, 0.6) is 0 Å². The summed E-state index contributed by atoms with van der Waals surface area (Å²) in [4.78, 5) is 0. The van der Waals surface area contributed by atoms with Gasteiger partial charge in [0.05, 0.1) is 6.61 Å². The highest BCUT2D eigenvalue weighted by Gasteiger charge is 2.32. The summed E-state index contributed by atoms with van der Waals surface area (Å²) in [6.07, 6.45) is 2.04. The molecule has 0 saturated heterocycles. The normalized spacial score (nSPS) is 16.6. The number of rotatable bonds is 5. The summed E-state index contributed by atoms with van der Waals surface area (Å²) >= 11 is 0. The van der Waals surface area contributed by atoms with Crippen molar-refractivity contribution in [2.24, 2.45) is 0 Å². The van der Waals surface area contributed by atoms with Crippen molar-refractivity contribution < 1.29 is 13.2 Å². The molecule has 1 aliphatic rings. The van der Waals surface area contributed by atoms with Gasteiger partial charge in [-0.05, 0) is 12.8 Å². The van der Waals surface area contributed by atoms with Crippen LogP contribution in [0.15, 0.2) is 5.16 Å². The quantitative estimate of drug-likeness (QED) is 0.734. The molecular formula is C8H12ClN3O3S. The van der Waals surface area contributed by atoms with E-state index in [2.05, 4.69) is 10.2 Å². The molecule has 6 nitrogen and oxygen atoms in total. The number of hydrogen-bond acceptors (Lipinski definition) is 5. The molecule has 0 spiro atoms. The van der Waals surface area contributed by atoms with Crippen LogP contribution in [0.1, 0.15) is 24.6 Å². The van der Waals surface area contributed by atoms with Crippen LogP contribution in [-0.4, -0.2) is 36.9 Å². The average molecular weight is 266 g/mol. The Hall–Kier alpha value is -0.660. The monoisotopic (exact) mass is 265 g/mol. The summed E-state index contributed by atoms with van der Waals surface area (Å²) in [7, 11) is 3.00. The van der Waals surface area contributed by atoms with Gasteiger partial charge in [0.1, 0.15) is 5.82 Å². The maximum absolute atomic E-state index is 11.3. The van der Waals surface area contributed by atoms with Gasteiger partial charge in [-0.1, -0.05) is 0 Å². The molecule has 16 heavy (non-hydrogen) atoms. The van der Waals surface area contributed by atoms with E-state index < -0.39 is 9.05 Å². The zero-order valence-corrected chi connectivity index (χ0v) is 10.3. The molecule has 1 saturated carbocycles. The highest BCUT2D eigenvalue weighted by molar-refractivity contribution is 8.13. The van der Waals surface area contributed by atoms with Gasteiger partial charge in [0.15, 0.2) is 0 Å². The molecule has 2 rings (SSSR count). The Morgan fingerprint density at radius 2 is 2.19 bits per heavy atom. The van der Waals surface area contributed by atoms with Gasteiger partial charge in [-0.2, -0.15) is 0 Å². The molecule has 0 atom stereocenters. The van der Waals surface area contributed by atoms with E-state index in [1.54, 1.807) is 7.11 Å². The van der Waals surface area contributed by atoms with Crippen molar-refractivity contribution in [3.8, 4) is 0 Å². The summed E-state index contributed by atoms with van der Waals surface area (Å²) < 4.78 is 29.0. The minimum Gasteiger partial charge on any atom is -0.383 e. The predicted octanol–water partition coefficient (Wildman–Crippen LogP) is 0.729. The van der Waals surface area contributed by atoms with E-state index in [4.69, 9.17) is 15.4 Å². The first-order valence-electron chi connectivity index (χ1n) is 4.90. The zero-order chi connectivity index (χ0) is 11.8. The van der Waals surface area contributed by atoms with Gasteiger partial charge in [-0.15, -0.1) is 10.2 Å². The van der Waals surface area contributed by atoms with Crippen LogP contribution >= 0.6 is 10.7 Å². The van der Waals surface area contributed by atoms with Crippen molar-refractivity contribution >= 4 is 19.7 Å². The molecule has 90 valence electrons. The van der Waals surface area contributed by atoms with Gasteiger partial charge in [0.25, 0.3) is 14.2 Å². The van der Waals surface area contributed by atoms with Crippen molar-refractivity contribution in [1.29, 1.82) is 0 Å². The van der Waals surface area contributed by atoms with Gasteiger partial charge in [-0.25, -0.2) is 8.42 Å². The van der Waals surface area contributed by atoms with E-state index in [0.717, 1.165) is 12.8 Å². The number of methoxy groups -OCH3 is 1. The Morgan fingerprint density at radius 3 is 2.69 bits per heavy atom. The molecule has 1 aliphatic carbocycles. The SMILES string of the molecule is COCCn1c(C2CC2)nnc1S(=O)(=O)Cl. The predicted molar refractivity (Wildman–Crippen MR) is 56.9 cm³/mol. The van der Waals surface area contributed by atoms with Crippen LogP contribution in [-0.2, 0) is 20.3 Å². The van der Waals surface area contributed by atoms with Gasteiger partial charge >= 0.3 is 0 Å². The lowest BCUT2D eigenvalue weighted by Gasteiger charge is -2.06. The van der Waals surface area contributed by atoms with Crippen molar-refractivity contribution in [3.63, 3.8) is 0 Å². The smallest absolute Gasteiger partial charge is 0.296 e. The van der Waals surface area contributed by atoms with Crippen LogP contribution < -0.4 is 0 Å². The van der Waals surface area contributed by atoms with Crippen molar-refractivity contribution in [2.75, 3.05) is 13.7 Å². The van der Waals surface area contributed by atoms with Crippen LogP contribution in [0.2, 0.25) is 0 Å². The molecular weight excluding hydrogens is 254 g/mol. The molecule has 0 aromatic carbocycles. The second-order valence-electron chi connectivity index (χ2n) is 3.70. The first kappa shape index (κ1) is 11.8. The van der Waals surface area contributed by atoms with Crippen molar-refractivity contribution in [2.45, 2.75) is 30.5 Å². The second-order valence-corrected chi connectivity index (χ2v) is 6.16. The summed E-state index contributed by atoms with van der Waals surface area (Å²) in [6.45, 7) is 0.799. The van der Waals surface area contributed by atoms with Crippen LogP contribution in [0.3, 0.4) is 0 Å². The average Bonchev–Trinajstić information content (AvgIpc) is 2.94. The number of nitrogens with zero attached hydrogens (tertiary/aromatic N) is 3. The molecule has 1 fully saturated rings. The number of halogens is 1. The lowest BCUT2D eigenvalue weighted by molar-refractivity contribution is 0.183. The maximum Gasteiger partial charge on any atom is 0.296 e. The fourth-order valence-electron chi connectivity index (χ4n) is 1.52. The van der Waals surface area contributed by atoms with Gasteiger partial charge in [0, 0.05) is 30.3 Å². The fraction of sp³-hybridized carbons (Fsp3) is 0.750. The molecule has 8 heteroatoms. The third kappa shape index (κ3) is 2.36. The van der Waals surface area contributed by atoms with Gasteiger partial charge in [-0.3, -0.25) is 4.57 Å². The van der Waals surface area contributed by atoms with Crippen molar-refractivity contribution in [1.82, 2.24) is 14.8 Å². The Kier molecular flexibility index (Phi) is 3.18. The number of aromatic nitrogens is 3. The Bertz CT molecular complexity index is 481. The lowest BCUT2D eigenvalue weighted by atomic mass is 10.4. The van der Waals surface area contributed by atoms with Gasteiger partial charge < -0.3 is 4.74 Å². The Labute approximate surface area is 98.0 Å². The highest BCUT2D eigenvalue weighted by Crippen LogP contribution is 2.39. The van der Waals surface area contributed by atoms with E-state index in [0.29, 0.717) is 24.9 Å². The first-order valence-corrected chi connectivity index (χ1v) is 7.21. The van der Waals surface area contributed by atoms with Crippen molar-refractivity contribution in [3.05, 3.63) is 5.82 Å². The molecule has 0 bridgehead atoms. The van der Waals surface area contributed by atoms with E-state index in [1.165, 1.54) is 4.57 Å². The third-order valence-electron chi connectivity index (χ3n) is 2.43. The van der Waals surface area contributed by atoms with E-state index in [9.17, 15) is 8.42 Å². The molecule has 1 aromatic rings. The minimum absolute atomic E-state index is 0.187. The molecule has 0 N–H and O–H groups in total. The zero-order valence-electron chi connectivity index (χ0n) is 8.76. The Balaban J connectivity index is 2.37. The van der Waals surface area contributed by atoms with Crippen LogP contribution in [0.25, 0.3) is 0 Å². The minimum atomic E-state index is -3.84. The number of ether oxygens (including phenoxy) is 1. The summed E-state index contributed by atoms with van der Waals surface area (Å²) in [5.74, 6) is 1.01. The summed E-state index contributed by atoms with van der Waals surface area (Å²) in [5.41, 5.74) is 0. The molecule has 0 amide bonds. The highest BCUT2D eigenvalue weighted by atomic mass is 35.7. The molecule has 0 radical (unpaired) electrons. The maximum atomic E-state index is 11.3. The van der Waals surface area contributed by atoms with E-state index in [-0.39, 0.29) is 5.16 Å². The standard InChI is InChI=1S/C8H12ClN3O3S/c1-15-5-4-12-7(6-2-3-6)10-11-8(12)16(9,13)14/h6H,2-5H2,1H3. The van der Waals surface area contributed by atoms with Gasteiger partial charge in [0.2, 0.25) is 0 Å². The molecule has 0 aliphatic heterocycles. The van der Waals surface area contributed by atoms with Crippen LogP contribution in [0, 0.1) is 0 Å². The molecule has 1 heterocycles. The summed E-state index contributed by atoms with van der Waals surface area (Å²) in [6, 6.07) is 0. The van der Waals surface area contributed by atoms with E-state index in [1.807, 2.05) is 0 Å². The largest absolute Gasteiger partial charge is 0.383 e.